The van der Waals surface area contributed by atoms with Crippen LogP contribution in [0.5, 0.6) is 0 Å². The second kappa shape index (κ2) is 13.1. The van der Waals surface area contributed by atoms with Gasteiger partial charge >= 0.3 is 0 Å². The zero-order valence-electron chi connectivity index (χ0n) is 19.7. The first-order chi connectivity index (χ1) is 16.5. The van der Waals surface area contributed by atoms with Crippen LogP contribution in [0.3, 0.4) is 0 Å². The molecule has 0 aliphatic carbocycles. The van der Waals surface area contributed by atoms with Crippen LogP contribution in [0.4, 0.5) is 0 Å². The molecule has 3 rings (SSSR count). The number of ether oxygens (including phenoxy) is 1. The van der Waals surface area contributed by atoms with Gasteiger partial charge in [-0.25, -0.2) is 0 Å². The van der Waals surface area contributed by atoms with Gasteiger partial charge in [0.25, 0.3) is 0 Å². The standard InChI is InChI=1S/C25H32N4O4S/c1-19(30)27-23(10-12-34-2)25(32)29-16-22(33-18-21-9-6-11-26-13-21)15-28(24(31)17-29)14-20-7-4-3-5-8-20/h3-9,11,13,22-23H,10,12,14-18H2,1-2H3,(H,27,30)/t22-,23-/m0/s1. The Labute approximate surface area is 205 Å². The number of hydrogen-bond donors (Lipinski definition) is 1. The molecule has 1 aromatic carbocycles. The zero-order chi connectivity index (χ0) is 24.3. The van der Waals surface area contributed by atoms with Gasteiger partial charge in [0, 0.05) is 39.0 Å². The average molecular weight is 485 g/mol. The fourth-order valence-electron chi connectivity index (χ4n) is 3.87. The second-order valence-electron chi connectivity index (χ2n) is 8.31. The second-order valence-corrected chi connectivity index (χ2v) is 9.29. The Hall–Kier alpha value is -2.91. The molecule has 1 aliphatic heterocycles. The van der Waals surface area contributed by atoms with E-state index in [1.54, 1.807) is 29.1 Å². The molecule has 2 aromatic rings. The molecule has 0 spiro atoms. The Kier molecular flexibility index (Phi) is 9.90. The zero-order valence-corrected chi connectivity index (χ0v) is 20.5. The van der Waals surface area contributed by atoms with E-state index in [2.05, 4.69) is 10.3 Å². The van der Waals surface area contributed by atoms with Gasteiger partial charge in [-0.2, -0.15) is 11.8 Å². The van der Waals surface area contributed by atoms with Crippen molar-refractivity contribution in [3.63, 3.8) is 0 Å². The van der Waals surface area contributed by atoms with Crippen molar-refractivity contribution in [3.8, 4) is 0 Å². The van der Waals surface area contributed by atoms with Gasteiger partial charge in [-0.3, -0.25) is 19.4 Å². The lowest BCUT2D eigenvalue weighted by atomic mass is 10.1. The van der Waals surface area contributed by atoms with E-state index in [4.69, 9.17) is 4.74 Å². The smallest absolute Gasteiger partial charge is 0.245 e. The topological polar surface area (TPSA) is 91.8 Å². The van der Waals surface area contributed by atoms with Gasteiger partial charge < -0.3 is 19.9 Å². The molecule has 9 heteroatoms. The number of aromatic nitrogens is 1. The SMILES string of the molecule is CSCC[C@H](NC(C)=O)C(=O)N1CC(=O)N(Cc2ccccc2)C[C@H](OCc2cccnc2)C1. The summed E-state index contributed by atoms with van der Waals surface area (Å²) in [6.45, 7) is 2.76. The fraction of sp³-hybridized carbons (Fsp3) is 0.440. The highest BCUT2D eigenvalue weighted by Crippen LogP contribution is 2.16. The number of pyridine rings is 1. The van der Waals surface area contributed by atoms with Gasteiger partial charge in [-0.15, -0.1) is 0 Å². The molecule has 0 radical (unpaired) electrons. The van der Waals surface area contributed by atoms with Crippen LogP contribution in [-0.2, 0) is 32.3 Å². The maximum atomic E-state index is 13.4. The molecule has 182 valence electrons. The van der Waals surface area contributed by atoms with Crippen LogP contribution in [0.1, 0.15) is 24.5 Å². The Bertz CT molecular complexity index is 944. The summed E-state index contributed by atoms with van der Waals surface area (Å²) in [5.41, 5.74) is 1.93. The normalized spacial score (nSPS) is 17.2. The number of rotatable bonds is 10. The minimum Gasteiger partial charge on any atom is -0.370 e. The lowest BCUT2D eigenvalue weighted by Gasteiger charge is -2.28. The fourth-order valence-corrected chi connectivity index (χ4v) is 4.34. The highest BCUT2D eigenvalue weighted by atomic mass is 32.2. The molecule has 1 aliphatic rings. The molecular formula is C25H32N4O4S. The Morgan fingerprint density at radius 3 is 2.62 bits per heavy atom. The van der Waals surface area contributed by atoms with E-state index in [1.807, 2.05) is 48.7 Å². The number of hydrogen-bond acceptors (Lipinski definition) is 6. The Morgan fingerprint density at radius 2 is 1.94 bits per heavy atom. The van der Waals surface area contributed by atoms with Crippen LogP contribution in [-0.4, -0.2) is 76.3 Å². The summed E-state index contributed by atoms with van der Waals surface area (Å²) in [6, 6.07) is 12.9. The van der Waals surface area contributed by atoms with Crippen molar-refractivity contribution < 1.29 is 19.1 Å². The van der Waals surface area contributed by atoms with E-state index in [9.17, 15) is 14.4 Å². The van der Waals surface area contributed by atoms with Crippen LogP contribution in [0.2, 0.25) is 0 Å². The predicted octanol–water partition coefficient (Wildman–Crippen LogP) is 2.10. The van der Waals surface area contributed by atoms with Crippen LogP contribution in [0, 0.1) is 0 Å². The van der Waals surface area contributed by atoms with E-state index in [-0.39, 0.29) is 36.9 Å². The molecule has 34 heavy (non-hydrogen) atoms. The Balaban J connectivity index is 1.78. The summed E-state index contributed by atoms with van der Waals surface area (Å²) in [7, 11) is 0. The van der Waals surface area contributed by atoms with Crippen molar-refractivity contribution in [1.82, 2.24) is 20.1 Å². The number of carbonyl (C=O) groups excluding carboxylic acids is 3. The van der Waals surface area contributed by atoms with E-state index in [0.717, 1.165) is 16.9 Å². The van der Waals surface area contributed by atoms with Gasteiger partial charge in [0.2, 0.25) is 17.7 Å². The molecule has 1 aromatic heterocycles. The van der Waals surface area contributed by atoms with Gasteiger partial charge in [0.15, 0.2) is 0 Å². The summed E-state index contributed by atoms with van der Waals surface area (Å²) < 4.78 is 6.17. The monoisotopic (exact) mass is 484 g/mol. The number of amides is 3. The maximum Gasteiger partial charge on any atom is 0.245 e. The molecular weight excluding hydrogens is 452 g/mol. The van der Waals surface area contributed by atoms with E-state index in [1.165, 1.54) is 11.8 Å². The van der Waals surface area contributed by atoms with E-state index in [0.29, 0.717) is 26.1 Å². The highest BCUT2D eigenvalue weighted by molar-refractivity contribution is 7.98. The van der Waals surface area contributed by atoms with Crippen molar-refractivity contribution in [3.05, 3.63) is 66.0 Å². The lowest BCUT2D eigenvalue weighted by molar-refractivity contribution is -0.141. The van der Waals surface area contributed by atoms with Gasteiger partial charge in [0.05, 0.1) is 19.3 Å². The van der Waals surface area contributed by atoms with Crippen LogP contribution >= 0.6 is 11.8 Å². The molecule has 2 heterocycles. The van der Waals surface area contributed by atoms with Crippen molar-refractivity contribution >= 4 is 29.5 Å². The number of benzene rings is 1. The van der Waals surface area contributed by atoms with Gasteiger partial charge in [-0.05, 0) is 35.6 Å². The molecule has 0 bridgehead atoms. The Morgan fingerprint density at radius 1 is 1.18 bits per heavy atom. The first-order valence-electron chi connectivity index (χ1n) is 11.3. The minimum atomic E-state index is -0.669. The first-order valence-corrected chi connectivity index (χ1v) is 12.7. The summed E-state index contributed by atoms with van der Waals surface area (Å²) in [5.74, 6) is 0.0560. The van der Waals surface area contributed by atoms with Crippen LogP contribution in [0.15, 0.2) is 54.9 Å². The van der Waals surface area contributed by atoms with Crippen molar-refractivity contribution in [2.24, 2.45) is 0 Å². The van der Waals surface area contributed by atoms with Crippen LogP contribution in [0.25, 0.3) is 0 Å². The lowest BCUT2D eigenvalue weighted by Crippen LogP contribution is -2.51. The largest absolute Gasteiger partial charge is 0.370 e. The third kappa shape index (κ3) is 7.85. The molecule has 0 saturated carbocycles. The highest BCUT2D eigenvalue weighted by Gasteiger charge is 2.34. The predicted molar refractivity (Wildman–Crippen MR) is 132 cm³/mol. The maximum absolute atomic E-state index is 13.4. The van der Waals surface area contributed by atoms with E-state index >= 15 is 0 Å². The summed E-state index contributed by atoms with van der Waals surface area (Å²) in [5, 5.41) is 2.75. The van der Waals surface area contributed by atoms with Crippen molar-refractivity contribution in [1.29, 1.82) is 0 Å². The summed E-state index contributed by atoms with van der Waals surface area (Å²) >= 11 is 1.61. The third-order valence-electron chi connectivity index (χ3n) is 5.55. The minimum absolute atomic E-state index is 0.0478. The quantitative estimate of drug-likeness (QED) is 0.555. The molecule has 1 N–H and O–H groups in total. The number of nitrogens with one attached hydrogen (secondary N) is 1. The van der Waals surface area contributed by atoms with E-state index < -0.39 is 6.04 Å². The molecule has 2 atom stereocenters. The molecule has 1 fully saturated rings. The molecule has 8 nitrogen and oxygen atoms in total. The third-order valence-corrected chi connectivity index (χ3v) is 6.19. The number of thioether (sulfide) groups is 1. The average Bonchev–Trinajstić information content (AvgIpc) is 2.99. The van der Waals surface area contributed by atoms with Crippen molar-refractivity contribution in [2.45, 2.75) is 38.6 Å². The molecule has 1 saturated heterocycles. The number of carbonyl (C=O) groups is 3. The molecule has 0 unspecified atom stereocenters. The van der Waals surface area contributed by atoms with Gasteiger partial charge in [0.1, 0.15) is 6.04 Å². The first kappa shape index (κ1) is 25.7. The van der Waals surface area contributed by atoms with Crippen LogP contribution < -0.4 is 5.32 Å². The van der Waals surface area contributed by atoms with Gasteiger partial charge in [-0.1, -0.05) is 36.4 Å². The summed E-state index contributed by atoms with van der Waals surface area (Å²) in [6.07, 6.45) is 5.51. The molecule has 3 amide bonds. The van der Waals surface area contributed by atoms with Crippen molar-refractivity contribution in [2.75, 3.05) is 31.6 Å². The number of nitrogens with zero attached hydrogens (tertiary/aromatic N) is 3. The summed E-state index contributed by atoms with van der Waals surface area (Å²) in [4.78, 5) is 45.7.